The summed E-state index contributed by atoms with van der Waals surface area (Å²) in [6.45, 7) is 5.37. The van der Waals surface area contributed by atoms with Gasteiger partial charge in [-0.1, -0.05) is 13.8 Å². The van der Waals surface area contributed by atoms with Crippen LogP contribution >= 0.6 is 0 Å². The molecule has 28 heavy (non-hydrogen) atoms. The molecule has 0 radical (unpaired) electrons. The van der Waals surface area contributed by atoms with Crippen molar-refractivity contribution >= 4 is 5.97 Å². The Bertz CT molecular complexity index is 555. The molecule has 0 saturated heterocycles. The van der Waals surface area contributed by atoms with Gasteiger partial charge in [0, 0.05) is 6.42 Å². The predicted octanol–water partition coefficient (Wildman–Crippen LogP) is 3.56. The topological polar surface area (TPSA) is 104 Å². The molecule has 0 spiro atoms. The van der Waals surface area contributed by atoms with E-state index in [-0.39, 0.29) is 24.0 Å². The van der Waals surface area contributed by atoms with Crippen molar-refractivity contribution in [2.45, 2.75) is 96.7 Å². The second kappa shape index (κ2) is 8.61. The molecule has 5 nitrogen and oxygen atoms in total. The molecule has 8 atom stereocenters. The van der Waals surface area contributed by atoms with Gasteiger partial charge in [0.1, 0.15) is 0 Å². The summed E-state index contributed by atoms with van der Waals surface area (Å²) in [7, 11) is 0. The highest BCUT2D eigenvalue weighted by atomic mass is 16.4. The predicted molar refractivity (Wildman–Crippen MR) is 110 cm³/mol. The number of hydrogen-bond acceptors (Lipinski definition) is 4. The first kappa shape index (κ1) is 22.0. The van der Waals surface area contributed by atoms with E-state index in [4.69, 9.17) is 10.8 Å². The van der Waals surface area contributed by atoms with E-state index in [0.717, 1.165) is 42.9 Å². The summed E-state index contributed by atoms with van der Waals surface area (Å²) in [6.07, 6.45) is 11.5. The standard InChI is InChI=1S/C19H32O2.C4H9NO2/c1-18-9-7-13(20)11-12(18)3-4-14-15-5-6-17(21)19(15,2)10-8-16(14)18;5-3-1-2-4(6)7/h12-17,20-21H,3-11H2,1-2H3;1-3,5H2,(H,6,7)/t12-,13+,14-,15-,16-,17?,18-,19-;/m0./s1. The minimum atomic E-state index is -0.773. The normalized spacial score (nSPS) is 47.2. The molecule has 4 saturated carbocycles. The molecule has 0 amide bonds. The zero-order valence-electron chi connectivity index (χ0n) is 17.8. The van der Waals surface area contributed by atoms with Crippen LogP contribution in [0.5, 0.6) is 0 Å². The first-order chi connectivity index (χ1) is 13.2. The fourth-order valence-corrected chi connectivity index (χ4v) is 7.46. The molecule has 4 aliphatic carbocycles. The van der Waals surface area contributed by atoms with Crippen molar-refractivity contribution in [2.75, 3.05) is 6.54 Å². The highest BCUT2D eigenvalue weighted by molar-refractivity contribution is 5.66. The maximum absolute atomic E-state index is 10.5. The number of aliphatic hydroxyl groups is 2. The minimum absolute atomic E-state index is 0.0400. The molecular formula is C23H41NO4. The number of carboxylic acids is 1. The fraction of sp³-hybridized carbons (Fsp3) is 0.957. The van der Waals surface area contributed by atoms with Gasteiger partial charge in [-0.15, -0.1) is 0 Å². The highest BCUT2D eigenvalue weighted by Gasteiger charge is 2.59. The highest BCUT2D eigenvalue weighted by Crippen LogP contribution is 2.66. The lowest BCUT2D eigenvalue weighted by Crippen LogP contribution is -2.54. The van der Waals surface area contributed by atoms with Crippen LogP contribution < -0.4 is 5.73 Å². The van der Waals surface area contributed by atoms with E-state index in [1.165, 1.54) is 38.5 Å². The number of hydrogen-bond donors (Lipinski definition) is 4. The second-order valence-corrected chi connectivity index (χ2v) is 10.5. The van der Waals surface area contributed by atoms with Gasteiger partial charge in [-0.2, -0.15) is 0 Å². The van der Waals surface area contributed by atoms with Crippen LogP contribution in [0.15, 0.2) is 0 Å². The van der Waals surface area contributed by atoms with E-state index in [1.807, 2.05) is 0 Å². The molecule has 0 heterocycles. The van der Waals surface area contributed by atoms with Gasteiger partial charge in [0.25, 0.3) is 0 Å². The summed E-state index contributed by atoms with van der Waals surface area (Å²) in [5.74, 6) is 2.43. The third kappa shape index (κ3) is 3.99. The number of carbonyl (C=O) groups is 1. The van der Waals surface area contributed by atoms with Gasteiger partial charge in [0.2, 0.25) is 0 Å². The fourth-order valence-electron chi connectivity index (χ4n) is 7.46. The smallest absolute Gasteiger partial charge is 0.303 e. The molecule has 162 valence electrons. The van der Waals surface area contributed by atoms with Gasteiger partial charge in [0.15, 0.2) is 0 Å². The van der Waals surface area contributed by atoms with Crippen molar-refractivity contribution in [3.05, 3.63) is 0 Å². The Morgan fingerprint density at radius 2 is 1.64 bits per heavy atom. The van der Waals surface area contributed by atoms with Crippen LogP contribution in [0, 0.1) is 34.5 Å². The number of aliphatic carboxylic acids is 1. The number of fused-ring (bicyclic) bond motifs is 5. The lowest BCUT2D eigenvalue weighted by atomic mass is 9.45. The average molecular weight is 396 g/mol. The summed E-state index contributed by atoms with van der Waals surface area (Å²) in [5, 5.41) is 28.5. The van der Waals surface area contributed by atoms with Gasteiger partial charge in [-0.05, 0) is 105 Å². The van der Waals surface area contributed by atoms with Gasteiger partial charge in [-0.25, -0.2) is 0 Å². The van der Waals surface area contributed by atoms with Crippen LogP contribution in [0.25, 0.3) is 0 Å². The molecule has 0 aromatic heterocycles. The van der Waals surface area contributed by atoms with Crippen molar-refractivity contribution in [2.24, 2.45) is 40.2 Å². The molecule has 5 heteroatoms. The van der Waals surface area contributed by atoms with Crippen LogP contribution in [0.2, 0.25) is 0 Å². The molecule has 4 fully saturated rings. The first-order valence-corrected chi connectivity index (χ1v) is 11.5. The summed E-state index contributed by atoms with van der Waals surface area (Å²) >= 11 is 0. The molecule has 0 bridgehead atoms. The molecule has 5 N–H and O–H groups in total. The van der Waals surface area contributed by atoms with Crippen molar-refractivity contribution < 1.29 is 20.1 Å². The Morgan fingerprint density at radius 3 is 2.29 bits per heavy atom. The van der Waals surface area contributed by atoms with E-state index in [9.17, 15) is 15.0 Å². The molecular weight excluding hydrogens is 354 g/mol. The van der Waals surface area contributed by atoms with Crippen molar-refractivity contribution in [1.82, 2.24) is 0 Å². The zero-order valence-corrected chi connectivity index (χ0v) is 17.8. The van der Waals surface area contributed by atoms with Crippen molar-refractivity contribution in [3.63, 3.8) is 0 Å². The summed E-state index contributed by atoms with van der Waals surface area (Å²) in [4.78, 5) is 9.70. The van der Waals surface area contributed by atoms with E-state index < -0.39 is 5.97 Å². The Kier molecular flexibility index (Phi) is 6.78. The Labute approximate surface area is 170 Å². The largest absolute Gasteiger partial charge is 0.481 e. The molecule has 1 unspecified atom stereocenters. The Balaban J connectivity index is 0.000000279. The maximum atomic E-state index is 10.5. The van der Waals surface area contributed by atoms with Crippen molar-refractivity contribution in [3.8, 4) is 0 Å². The first-order valence-electron chi connectivity index (χ1n) is 11.5. The number of rotatable bonds is 3. The lowest BCUT2D eigenvalue weighted by Gasteiger charge is -2.60. The van der Waals surface area contributed by atoms with E-state index in [2.05, 4.69) is 13.8 Å². The zero-order chi connectivity index (χ0) is 20.5. The van der Waals surface area contributed by atoms with Crippen LogP contribution in [-0.2, 0) is 4.79 Å². The molecule has 0 aromatic carbocycles. The van der Waals surface area contributed by atoms with E-state index in [0.29, 0.717) is 18.4 Å². The average Bonchev–Trinajstić information content (AvgIpc) is 2.96. The molecule has 4 aliphatic rings. The Hall–Kier alpha value is -0.650. The number of nitrogens with two attached hydrogens (primary N) is 1. The monoisotopic (exact) mass is 395 g/mol. The van der Waals surface area contributed by atoms with Gasteiger partial charge >= 0.3 is 5.97 Å². The molecule has 0 aliphatic heterocycles. The van der Waals surface area contributed by atoms with Crippen molar-refractivity contribution in [1.29, 1.82) is 0 Å². The minimum Gasteiger partial charge on any atom is -0.481 e. The Morgan fingerprint density at radius 1 is 0.964 bits per heavy atom. The van der Waals surface area contributed by atoms with Gasteiger partial charge in [-0.3, -0.25) is 4.79 Å². The SMILES string of the molecule is C[C@]12CC[C@@H](O)C[C@@H]1CC[C@@H]1[C@@H]2CC[C@]2(C)C(O)CC[C@@H]12.NCCCC(=O)O. The lowest BCUT2D eigenvalue weighted by molar-refractivity contribution is -0.137. The summed E-state index contributed by atoms with van der Waals surface area (Å²) < 4.78 is 0. The summed E-state index contributed by atoms with van der Waals surface area (Å²) in [6, 6.07) is 0. The van der Waals surface area contributed by atoms with E-state index >= 15 is 0 Å². The maximum Gasteiger partial charge on any atom is 0.303 e. The molecule has 4 rings (SSSR count). The number of aliphatic hydroxyl groups excluding tert-OH is 2. The second-order valence-electron chi connectivity index (χ2n) is 10.5. The third-order valence-corrected chi connectivity index (χ3v) is 9.18. The third-order valence-electron chi connectivity index (χ3n) is 9.18. The van der Waals surface area contributed by atoms with Gasteiger partial charge < -0.3 is 21.1 Å². The van der Waals surface area contributed by atoms with Crippen LogP contribution in [0.4, 0.5) is 0 Å². The number of carboxylic acid groups (broad SMARTS) is 1. The van der Waals surface area contributed by atoms with Crippen LogP contribution in [-0.4, -0.2) is 40.0 Å². The summed E-state index contributed by atoms with van der Waals surface area (Å²) in [5.41, 5.74) is 5.69. The van der Waals surface area contributed by atoms with Crippen LogP contribution in [0.3, 0.4) is 0 Å². The van der Waals surface area contributed by atoms with E-state index in [1.54, 1.807) is 0 Å². The van der Waals surface area contributed by atoms with Gasteiger partial charge in [0.05, 0.1) is 12.2 Å². The quantitative estimate of drug-likeness (QED) is 0.585. The van der Waals surface area contributed by atoms with Crippen LogP contribution in [0.1, 0.15) is 84.5 Å². The molecule has 0 aromatic rings.